The molecule has 0 bridgehead atoms. The van der Waals surface area contributed by atoms with E-state index in [-0.39, 0.29) is 11.7 Å². The summed E-state index contributed by atoms with van der Waals surface area (Å²) in [6, 6.07) is 8.21. The first-order valence-electron chi connectivity index (χ1n) is 9.06. The molecule has 1 aliphatic rings. The second-order valence-electron chi connectivity index (χ2n) is 6.95. The molecule has 0 radical (unpaired) electrons. The van der Waals surface area contributed by atoms with Crippen LogP contribution in [0, 0.1) is 10.1 Å². The Morgan fingerprint density at radius 1 is 1.25 bits per heavy atom. The van der Waals surface area contributed by atoms with Gasteiger partial charge in [0, 0.05) is 30.2 Å². The van der Waals surface area contributed by atoms with E-state index in [1.807, 2.05) is 31.1 Å². The lowest BCUT2D eigenvalue weighted by Crippen LogP contribution is -2.31. The van der Waals surface area contributed by atoms with Crippen molar-refractivity contribution in [3.05, 3.63) is 62.2 Å². The number of nitro benzene ring substituents is 1. The molecule has 150 valence electrons. The number of non-ortho nitro benzene ring substituents is 1. The smallest absolute Gasteiger partial charge is 0.269 e. The Morgan fingerprint density at radius 3 is 2.71 bits per heavy atom. The number of fused-ring (bicyclic) bond motifs is 1. The van der Waals surface area contributed by atoms with Crippen LogP contribution in [0.1, 0.15) is 22.7 Å². The van der Waals surface area contributed by atoms with Crippen LogP contribution in [0.4, 0.5) is 5.69 Å². The summed E-state index contributed by atoms with van der Waals surface area (Å²) >= 11 is 6.39. The highest BCUT2D eigenvalue weighted by Gasteiger charge is 2.27. The number of halogens is 1. The van der Waals surface area contributed by atoms with E-state index in [1.165, 1.54) is 12.1 Å². The van der Waals surface area contributed by atoms with Gasteiger partial charge in [-0.1, -0.05) is 11.6 Å². The van der Waals surface area contributed by atoms with Crippen LogP contribution < -0.4 is 14.8 Å². The number of likely N-dealkylation sites (N-methyl/N-ethyl adjacent to an activating group) is 1. The Kier molecular flexibility index (Phi) is 6.39. The average Bonchev–Trinajstić information content (AvgIpc) is 2.67. The molecule has 2 aromatic rings. The Bertz CT molecular complexity index is 873. The first kappa shape index (κ1) is 20.4. The van der Waals surface area contributed by atoms with Crippen LogP contribution in [0.2, 0.25) is 5.02 Å². The minimum Gasteiger partial charge on any atom is -0.493 e. The number of nitrogens with one attached hydrogen (secondary N) is 1. The summed E-state index contributed by atoms with van der Waals surface area (Å²) in [5.41, 5.74) is 2.81. The number of hydrogen-bond donors (Lipinski definition) is 1. The standard InChI is InChI=1S/C20H24ClN3O4/c1-23(2)8-9-28-19-12-15-13(10-18(19)27-3)6-7-22-20(15)16-11-14(24(25)26)4-5-17(16)21/h4-5,10-12,20,22H,6-9H2,1-3H3. The van der Waals surface area contributed by atoms with E-state index >= 15 is 0 Å². The Balaban J connectivity index is 2.00. The molecule has 8 heteroatoms. The molecule has 0 saturated carbocycles. The van der Waals surface area contributed by atoms with Crippen LogP contribution in [0.25, 0.3) is 0 Å². The zero-order chi connectivity index (χ0) is 20.3. The molecule has 1 heterocycles. The number of nitrogens with zero attached hydrogens (tertiary/aromatic N) is 2. The van der Waals surface area contributed by atoms with Gasteiger partial charge in [0.25, 0.3) is 5.69 Å². The maximum atomic E-state index is 11.2. The topological polar surface area (TPSA) is 76.9 Å². The molecule has 7 nitrogen and oxygen atoms in total. The van der Waals surface area contributed by atoms with Crippen molar-refractivity contribution in [1.29, 1.82) is 0 Å². The third kappa shape index (κ3) is 4.38. The molecule has 2 aromatic carbocycles. The fraction of sp³-hybridized carbons (Fsp3) is 0.400. The summed E-state index contributed by atoms with van der Waals surface area (Å²) in [7, 11) is 5.59. The lowest BCUT2D eigenvalue weighted by atomic mass is 9.89. The van der Waals surface area contributed by atoms with Crippen molar-refractivity contribution in [2.45, 2.75) is 12.5 Å². The Labute approximate surface area is 169 Å². The summed E-state index contributed by atoms with van der Waals surface area (Å²) in [5, 5.41) is 15.1. The average molecular weight is 406 g/mol. The number of methoxy groups -OCH3 is 1. The van der Waals surface area contributed by atoms with Crippen LogP contribution in [0.5, 0.6) is 11.5 Å². The molecule has 1 unspecified atom stereocenters. The molecule has 0 spiro atoms. The molecular formula is C20H24ClN3O4. The van der Waals surface area contributed by atoms with Gasteiger partial charge in [0.15, 0.2) is 11.5 Å². The monoisotopic (exact) mass is 405 g/mol. The van der Waals surface area contributed by atoms with E-state index in [1.54, 1.807) is 13.2 Å². The Morgan fingerprint density at radius 2 is 2.04 bits per heavy atom. The highest BCUT2D eigenvalue weighted by atomic mass is 35.5. The lowest BCUT2D eigenvalue weighted by molar-refractivity contribution is -0.384. The maximum absolute atomic E-state index is 11.2. The van der Waals surface area contributed by atoms with Gasteiger partial charge < -0.3 is 19.7 Å². The molecule has 28 heavy (non-hydrogen) atoms. The van der Waals surface area contributed by atoms with E-state index in [2.05, 4.69) is 5.32 Å². The van der Waals surface area contributed by atoms with Crippen molar-refractivity contribution in [1.82, 2.24) is 10.2 Å². The van der Waals surface area contributed by atoms with Gasteiger partial charge in [-0.25, -0.2) is 0 Å². The van der Waals surface area contributed by atoms with Gasteiger partial charge in [-0.2, -0.15) is 0 Å². The van der Waals surface area contributed by atoms with Gasteiger partial charge in [-0.05, 0) is 55.4 Å². The SMILES string of the molecule is COc1cc2c(cc1OCCN(C)C)C(c1cc([N+](=O)[O-])ccc1Cl)NCC2. The molecule has 0 saturated heterocycles. The van der Waals surface area contributed by atoms with E-state index in [0.29, 0.717) is 28.7 Å². The molecule has 0 amide bonds. The summed E-state index contributed by atoms with van der Waals surface area (Å²) < 4.78 is 11.5. The van der Waals surface area contributed by atoms with Crippen LogP contribution in [-0.2, 0) is 6.42 Å². The molecule has 3 rings (SSSR count). The molecular weight excluding hydrogens is 382 g/mol. The first-order valence-corrected chi connectivity index (χ1v) is 9.44. The third-order valence-electron chi connectivity index (χ3n) is 4.78. The van der Waals surface area contributed by atoms with Gasteiger partial charge in [0.1, 0.15) is 6.61 Å². The predicted molar refractivity (Wildman–Crippen MR) is 109 cm³/mol. The number of hydrogen-bond acceptors (Lipinski definition) is 6. The van der Waals surface area contributed by atoms with Gasteiger partial charge in [0.05, 0.1) is 18.1 Å². The highest BCUT2D eigenvalue weighted by molar-refractivity contribution is 6.31. The zero-order valence-corrected chi connectivity index (χ0v) is 17.0. The second kappa shape index (κ2) is 8.77. The van der Waals surface area contributed by atoms with Gasteiger partial charge >= 0.3 is 0 Å². The molecule has 0 fully saturated rings. The quantitative estimate of drug-likeness (QED) is 0.561. The number of benzene rings is 2. The third-order valence-corrected chi connectivity index (χ3v) is 5.12. The molecule has 0 aromatic heterocycles. The van der Waals surface area contributed by atoms with Crippen LogP contribution in [0.3, 0.4) is 0 Å². The molecule has 0 aliphatic carbocycles. The minimum absolute atomic E-state index is 0.0179. The zero-order valence-electron chi connectivity index (χ0n) is 16.2. The van der Waals surface area contributed by atoms with Crippen molar-refractivity contribution in [3.63, 3.8) is 0 Å². The van der Waals surface area contributed by atoms with Crippen molar-refractivity contribution < 1.29 is 14.4 Å². The summed E-state index contributed by atoms with van der Waals surface area (Å²) in [5.74, 6) is 1.33. The van der Waals surface area contributed by atoms with E-state index in [9.17, 15) is 10.1 Å². The van der Waals surface area contributed by atoms with Crippen molar-refractivity contribution in [2.24, 2.45) is 0 Å². The van der Waals surface area contributed by atoms with Crippen molar-refractivity contribution in [2.75, 3.05) is 40.9 Å². The van der Waals surface area contributed by atoms with Crippen molar-refractivity contribution in [3.8, 4) is 11.5 Å². The van der Waals surface area contributed by atoms with Crippen LogP contribution >= 0.6 is 11.6 Å². The summed E-state index contributed by atoms with van der Waals surface area (Å²) in [6.07, 6.45) is 0.826. The van der Waals surface area contributed by atoms with Gasteiger partial charge in [-0.3, -0.25) is 10.1 Å². The second-order valence-corrected chi connectivity index (χ2v) is 7.36. The van der Waals surface area contributed by atoms with E-state index in [0.717, 1.165) is 30.6 Å². The number of nitro groups is 1. The van der Waals surface area contributed by atoms with Gasteiger partial charge in [-0.15, -0.1) is 0 Å². The fourth-order valence-corrected chi connectivity index (χ4v) is 3.54. The lowest BCUT2D eigenvalue weighted by Gasteiger charge is -2.29. The van der Waals surface area contributed by atoms with E-state index in [4.69, 9.17) is 21.1 Å². The summed E-state index contributed by atoms with van der Waals surface area (Å²) in [6.45, 7) is 2.04. The predicted octanol–water partition coefficient (Wildman–Crippen LogP) is 3.43. The first-order chi connectivity index (χ1) is 13.4. The normalized spacial score (nSPS) is 16.0. The minimum atomic E-state index is -0.409. The maximum Gasteiger partial charge on any atom is 0.269 e. The summed E-state index contributed by atoms with van der Waals surface area (Å²) in [4.78, 5) is 12.8. The number of ether oxygens (including phenoxy) is 2. The van der Waals surface area contributed by atoms with Crippen LogP contribution in [-0.4, -0.2) is 50.7 Å². The van der Waals surface area contributed by atoms with Crippen molar-refractivity contribution >= 4 is 17.3 Å². The van der Waals surface area contributed by atoms with Crippen LogP contribution in [0.15, 0.2) is 30.3 Å². The van der Waals surface area contributed by atoms with Gasteiger partial charge in [0.2, 0.25) is 0 Å². The largest absolute Gasteiger partial charge is 0.493 e. The molecule has 1 aliphatic heterocycles. The van der Waals surface area contributed by atoms with E-state index < -0.39 is 4.92 Å². The molecule has 1 N–H and O–H groups in total. The fourth-order valence-electron chi connectivity index (χ4n) is 3.32. The highest BCUT2D eigenvalue weighted by Crippen LogP contribution is 2.40. The Hall–Kier alpha value is -2.35. The molecule has 1 atom stereocenters. The number of rotatable bonds is 7.